The van der Waals surface area contributed by atoms with Crippen molar-refractivity contribution in [3.05, 3.63) is 39.9 Å². The van der Waals surface area contributed by atoms with Gasteiger partial charge in [-0.25, -0.2) is 8.42 Å². The third kappa shape index (κ3) is 5.10. The first-order chi connectivity index (χ1) is 9.79. The number of nitrogens with one attached hydrogen (secondary N) is 1. The molecular formula is C11H14N2O7S. The summed E-state index contributed by atoms with van der Waals surface area (Å²) in [6.45, 7) is -0.744. The van der Waals surface area contributed by atoms with E-state index < -0.39 is 39.3 Å². The predicted molar refractivity (Wildman–Crippen MR) is 71.7 cm³/mol. The summed E-state index contributed by atoms with van der Waals surface area (Å²) < 4.78 is 30.0. The number of hydrogen-bond donors (Lipinski definition) is 2. The number of methoxy groups -OCH3 is 1. The Hall–Kier alpha value is -2.04. The van der Waals surface area contributed by atoms with E-state index in [-0.39, 0.29) is 5.69 Å². The first-order valence-corrected chi connectivity index (χ1v) is 7.36. The summed E-state index contributed by atoms with van der Waals surface area (Å²) in [5.41, 5.74) is 0.140. The molecule has 1 aromatic rings. The van der Waals surface area contributed by atoms with E-state index in [0.717, 1.165) is 7.11 Å². The molecule has 1 aromatic carbocycles. The number of aliphatic hydroxyl groups is 1. The number of rotatable bonds is 7. The lowest BCUT2D eigenvalue weighted by Gasteiger charge is -2.14. The van der Waals surface area contributed by atoms with Gasteiger partial charge in [0.25, 0.3) is 5.69 Å². The summed E-state index contributed by atoms with van der Waals surface area (Å²) in [4.78, 5) is 21.1. The van der Waals surface area contributed by atoms with E-state index in [1.54, 1.807) is 0 Å². The lowest BCUT2D eigenvalue weighted by Crippen LogP contribution is -2.44. The molecule has 9 nitrogen and oxygen atoms in total. The van der Waals surface area contributed by atoms with Crippen molar-refractivity contribution in [1.82, 2.24) is 4.72 Å². The van der Waals surface area contributed by atoms with Gasteiger partial charge in [-0.2, -0.15) is 4.72 Å². The topological polar surface area (TPSA) is 136 Å². The lowest BCUT2D eigenvalue weighted by molar-refractivity contribution is -0.384. The van der Waals surface area contributed by atoms with Gasteiger partial charge < -0.3 is 9.84 Å². The third-order valence-electron chi connectivity index (χ3n) is 2.49. The minimum atomic E-state index is -3.91. The largest absolute Gasteiger partial charge is 0.468 e. The number of carbonyl (C=O) groups is 1. The number of sulfonamides is 1. The normalized spacial score (nSPS) is 12.7. The van der Waals surface area contributed by atoms with Gasteiger partial charge >= 0.3 is 5.97 Å². The predicted octanol–water partition coefficient (Wildman–Crippen LogP) is -0.452. The van der Waals surface area contributed by atoms with Gasteiger partial charge in [-0.05, 0) is 5.56 Å². The van der Waals surface area contributed by atoms with Gasteiger partial charge in [-0.1, -0.05) is 12.1 Å². The Morgan fingerprint density at radius 3 is 2.43 bits per heavy atom. The number of carbonyl (C=O) groups excluding carboxylic acids is 1. The molecule has 0 aliphatic rings. The zero-order chi connectivity index (χ0) is 16.0. The number of nitro benzene ring substituents is 1. The van der Waals surface area contributed by atoms with Crippen molar-refractivity contribution in [1.29, 1.82) is 0 Å². The second kappa shape index (κ2) is 7.11. The zero-order valence-electron chi connectivity index (χ0n) is 11.1. The van der Waals surface area contributed by atoms with Crippen LogP contribution in [0.4, 0.5) is 5.69 Å². The Labute approximate surface area is 120 Å². The van der Waals surface area contributed by atoms with Crippen LogP contribution in [0.2, 0.25) is 0 Å². The van der Waals surface area contributed by atoms with Gasteiger partial charge in [0.2, 0.25) is 10.0 Å². The van der Waals surface area contributed by atoms with E-state index in [1.807, 2.05) is 4.72 Å². The van der Waals surface area contributed by atoms with E-state index in [2.05, 4.69) is 4.74 Å². The number of nitro groups is 1. The highest BCUT2D eigenvalue weighted by molar-refractivity contribution is 7.88. The van der Waals surface area contributed by atoms with E-state index in [9.17, 15) is 23.3 Å². The van der Waals surface area contributed by atoms with Crippen molar-refractivity contribution in [3.63, 3.8) is 0 Å². The molecule has 0 aliphatic heterocycles. The number of ether oxygens (including phenoxy) is 1. The summed E-state index contributed by atoms with van der Waals surface area (Å²) in [6.07, 6.45) is 0. The second-order valence-electron chi connectivity index (χ2n) is 4.06. The molecule has 1 rings (SSSR count). The maximum Gasteiger partial charge on any atom is 0.326 e. The molecular weight excluding hydrogens is 304 g/mol. The Morgan fingerprint density at radius 2 is 2.00 bits per heavy atom. The van der Waals surface area contributed by atoms with Gasteiger partial charge in [-0.15, -0.1) is 0 Å². The van der Waals surface area contributed by atoms with Crippen LogP contribution in [-0.4, -0.2) is 44.2 Å². The molecule has 0 bridgehead atoms. The third-order valence-corrected chi connectivity index (χ3v) is 3.85. The molecule has 1 unspecified atom stereocenters. The van der Waals surface area contributed by atoms with E-state index in [1.165, 1.54) is 24.3 Å². The van der Waals surface area contributed by atoms with Crippen molar-refractivity contribution in [3.8, 4) is 0 Å². The number of benzene rings is 1. The van der Waals surface area contributed by atoms with Crippen LogP contribution in [0.3, 0.4) is 0 Å². The fraction of sp³-hybridized carbons (Fsp3) is 0.364. The van der Waals surface area contributed by atoms with Crippen LogP contribution < -0.4 is 4.72 Å². The van der Waals surface area contributed by atoms with Crippen LogP contribution >= 0.6 is 0 Å². The van der Waals surface area contributed by atoms with Crippen LogP contribution in [0, 0.1) is 10.1 Å². The van der Waals surface area contributed by atoms with Crippen molar-refractivity contribution in [2.75, 3.05) is 13.7 Å². The SMILES string of the molecule is COC(=O)C(CO)NS(=O)(=O)Cc1ccc([N+](=O)[O-])cc1. The summed E-state index contributed by atoms with van der Waals surface area (Å²) in [5, 5.41) is 19.4. The Morgan fingerprint density at radius 1 is 1.43 bits per heavy atom. The second-order valence-corrected chi connectivity index (χ2v) is 5.81. The van der Waals surface area contributed by atoms with Crippen molar-refractivity contribution in [2.45, 2.75) is 11.8 Å². The van der Waals surface area contributed by atoms with Crippen molar-refractivity contribution < 1.29 is 28.0 Å². The van der Waals surface area contributed by atoms with E-state index in [0.29, 0.717) is 5.56 Å². The maximum atomic E-state index is 11.8. The molecule has 0 saturated carbocycles. The number of aliphatic hydroxyl groups excluding tert-OH is 1. The summed E-state index contributed by atoms with van der Waals surface area (Å²) in [7, 11) is -2.85. The van der Waals surface area contributed by atoms with E-state index >= 15 is 0 Å². The smallest absolute Gasteiger partial charge is 0.326 e. The highest BCUT2D eigenvalue weighted by Crippen LogP contribution is 2.13. The highest BCUT2D eigenvalue weighted by Gasteiger charge is 2.24. The number of non-ortho nitro benzene ring substituents is 1. The van der Waals surface area contributed by atoms with Gasteiger partial charge in [0.05, 0.1) is 24.4 Å². The molecule has 2 N–H and O–H groups in total. The van der Waals surface area contributed by atoms with Gasteiger partial charge in [0, 0.05) is 12.1 Å². The Kier molecular flexibility index (Phi) is 5.76. The van der Waals surface area contributed by atoms with Crippen LogP contribution in [0.1, 0.15) is 5.56 Å². The van der Waals surface area contributed by atoms with Crippen molar-refractivity contribution >= 4 is 21.7 Å². The molecule has 0 aromatic heterocycles. The standard InChI is InChI=1S/C11H14N2O7S/c1-20-11(15)10(6-14)12-21(18,19)7-8-2-4-9(5-3-8)13(16)17/h2-5,10,12,14H,6-7H2,1H3. The van der Waals surface area contributed by atoms with Crippen LogP contribution in [0.5, 0.6) is 0 Å². The molecule has 0 aliphatic carbocycles. The van der Waals surface area contributed by atoms with Gasteiger partial charge in [0.15, 0.2) is 0 Å². The molecule has 116 valence electrons. The minimum Gasteiger partial charge on any atom is -0.468 e. The highest BCUT2D eigenvalue weighted by atomic mass is 32.2. The molecule has 0 saturated heterocycles. The summed E-state index contributed by atoms with van der Waals surface area (Å²) in [6, 6.07) is 3.55. The summed E-state index contributed by atoms with van der Waals surface area (Å²) in [5.74, 6) is -1.40. The first-order valence-electron chi connectivity index (χ1n) is 5.71. The van der Waals surface area contributed by atoms with Crippen molar-refractivity contribution in [2.24, 2.45) is 0 Å². The molecule has 1 atom stereocenters. The molecule has 0 radical (unpaired) electrons. The molecule has 0 heterocycles. The maximum absolute atomic E-state index is 11.8. The average molecular weight is 318 g/mol. The number of esters is 1. The molecule has 21 heavy (non-hydrogen) atoms. The zero-order valence-corrected chi connectivity index (χ0v) is 11.9. The molecule has 0 amide bonds. The monoisotopic (exact) mass is 318 g/mol. The Bertz CT molecular complexity index is 612. The molecule has 0 fully saturated rings. The fourth-order valence-corrected chi connectivity index (χ4v) is 2.81. The van der Waals surface area contributed by atoms with Crippen LogP contribution in [0.25, 0.3) is 0 Å². The van der Waals surface area contributed by atoms with Crippen LogP contribution in [0.15, 0.2) is 24.3 Å². The first kappa shape index (κ1) is 17.0. The van der Waals surface area contributed by atoms with Gasteiger partial charge in [-0.3, -0.25) is 14.9 Å². The average Bonchev–Trinajstić information content (AvgIpc) is 2.44. The molecule has 10 heteroatoms. The molecule has 0 spiro atoms. The fourth-order valence-electron chi connectivity index (χ4n) is 1.49. The quantitative estimate of drug-likeness (QED) is 0.394. The van der Waals surface area contributed by atoms with Gasteiger partial charge in [0.1, 0.15) is 6.04 Å². The Balaban J connectivity index is 2.80. The lowest BCUT2D eigenvalue weighted by atomic mass is 10.2. The van der Waals surface area contributed by atoms with E-state index in [4.69, 9.17) is 5.11 Å². The summed E-state index contributed by atoms with van der Waals surface area (Å²) >= 11 is 0. The minimum absolute atomic E-state index is 0.160. The number of nitrogens with zero attached hydrogens (tertiary/aromatic N) is 1. The number of hydrogen-bond acceptors (Lipinski definition) is 7. The van der Waals surface area contributed by atoms with Crippen LogP contribution in [-0.2, 0) is 25.3 Å².